The minimum Gasteiger partial charge on any atom is -0.367 e. The van der Waals surface area contributed by atoms with Gasteiger partial charge in [0.05, 0.1) is 10.7 Å². The fourth-order valence-corrected chi connectivity index (χ4v) is 4.44. The normalized spacial score (nSPS) is 22.7. The molecule has 2 aliphatic rings. The molecule has 3 rings (SSSR count). The zero-order chi connectivity index (χ0) is 13.3. The van der Waals surface area contributed by atoms with Gasteiger partial charge in [-0.1, -0.05) is 30.9 Å². The van der Waals surface area contributed by atoms with Crippen LogP contribution in [0.1, 0.15) is 32.1 Å². The number of nitrogens with one attached hydrogen (secondary N) is 1. The van der Waals surface area contributed by atoms with E-state index in [0.717, 1.165) is 24.7 Å². The van der Waals surface area contributed by atoms with E-state index in [4.69, 9.17) is 11.6 Å². The topological polar surface area (TPSA) is 15.3 Å². The molecule has 0 aromatic heterocycles. The molecule has 0 atom stereocenters. The van der Waals surface area contributed by atoms with Gasteiger partial charge < -0.3 is 10.2 Å². The highest BCUT2D eigenvalue weighted by Gasteiger charge is 2.36. The van der Waals surface area contributed by atoms with Crippen molar-refractivity contribution < 1.29 is 0 Å². The van der Waals surface area contributed by atoms with Crippen LogP contribution in [0.5, 0.6) is 0 Å². The van der Waals surface area contributed by atoms with Crippen LogP contribution in [0, 0.1) is 3.57 Å². The Labute approximate surface area is 134 Å². The summed E-state index contributed by atoms with van der Waals surface area (Å²) in [6, 6.07) is 6.39. The highest BCUT2D eigenvalue weighted by molar-refractivity contribution is 14.1. The molecule has 1 N–H and O–H groups in total. The maximum absolute atomic E-state index is 6.42. The first kappa shape index (κ1) is 14.0. The van der Waals surface area contributed by atoms with E-state index in [2.05, 4.69) is 51.0 Å². The summed E-state index contributed by atoms with van der Waals surface area (Å²) >= 11 is 8.74. The van der Waals surface area contributed by atoms with Crippen LogP contribution in [0.2, 0.25) is 5.02 Å². The summed E-state index contributed by atoms with van der Waals surface area (Å²) in [7, 11) is 0. The molecule has 1 heterocycles. The first-order chi connectivity index (χ1) is 9.19. The summed E-state index contributed by atoms with van der Waals surface area (Å²) < 4.78 is 1.20. The van der Waals surface area contributed by atoms with E-state index in [-0.39, 0.29) is 0 Å². The van der Waals surface area contributed by atoms with Crippen LogP contribution in [-0.4, -0.2) is 25.2 Å². The first-order valence-corrected chi connectivity index (χ1v) is 8.59. The van der Waals surface area contributed by atoms with E-state index in [1.54, 1.807) is 0 Å². The smallest absolute Gasteiger partial charge is 0.0650 e. The van der Waals surface area contributed by atoms with Crippen molar-refractivity contribution in [3.05, 3.63) is 26.8 Å². The maximum Gasteiger partial charge on any atom is 0.0650 e. The third-order valence-electron chi connectivity index (χ3n) is 4.44. The molecule has 4 heteroatoms. The van der Waals surface area contributed by atoms with Gasteiger partial charge in [0.25, 0.3) is 0 Å². The first-order valence-electron chi connectivity index (χ1n) is 7.14. The third-order valence-corrected chi connectivity index (χ3v) is 5.41. The second-order valence-electron chi connectivity index (χ2n) is 5.79. The lowest BCUT2D eigenvalue weighted by Gasteiger charge is -2.47. The van der Waals surface area contributed by atoms with Crippen LogP contribution < -0.4 is 10.2 Å². The summed E-state index contributed by atoms with van der Waals surface area (Å²) in [5.41, 5.74) is 1.54. The summed E-state index contributed by atoms with van der Waals surface area (Å²) in [6.07, 6.45) is 6.74. The highest BCUT2D eigenvalue weighted by Crippen LogP contribution is 2.34. The van der Waals surface area contributed by atoms with Gasteiger partial charge in [0.15, 0.2) is 0 Å². The molecule has 0 bridgehead atoms. The Kier molecular flexibility index (Phi) is 4.25. The van der Waals surface area contributed by atoms with Gasteiger partial charge in [-0.05, 0) is 53.6 Å². The van der Waals surface area contributed by atoms with Crippen molar-refractivity contribution in [2.75, 3.05) is 24.5 Å². The second kappa shape index (κ2) is 5.78. The molecule has 1 aliphatic heterocycles. The lowest BCUT2D eigenvalue weighted by molar-refractivity contribution is 0.216. The number of benzene rings is 1. The molecule has 1 aromatic rings. The Hall–Kier alpha value is -0.000000000000000132. The molecule has 19 heavy (non-hydrogen) atoms. The minimum atomic E-state index is 0.336. The zero-order valence-electron chi connectivity index (χ0n) is 11.1. The molecule has 0 amide bonds. The Morgan fingerprint density at radius 1 is 1.21 bits per heavy atom. The van der Waals surface area contributed by atoms with Crippen molar-refractivity contribution in [2.45, 2.75) is 37.6 Å². The Morgan fingerprint density at radius 2 is 2.00 bits per heavy atom. The van der Waals surface area contributed by atoms with Crippen LogP contribution in [0.15, 0.2) is 18.2 Å². The van der Waals surface area contributed by atoms with Gasteiger partial charge in [0, 0.05) is 28.7 Å². The SMILES string of the molecule is Clc1cc(I)ccc1N1CCNC2(CCCCC2)C1. The molecule has 1 aliphatic carbocycles. The van der Waals surface area contributed by atoms with E-state index in [0.29, 0.717) is 5.54 Å². The second-order valence-corrected chi connectivity index (χ2v) is 7.44. The van der Waals surface area contributed by atoms with Crippen molar-refractivity contribution in [1.29, 1.82) is 0 Å². The quantitative estimate of drug-likeness (QED) is 0.728. The van der Waals surface area contributed by atoms with Crippen LogP contribution in [0.4, 0.5) is 5.69 Å². The van der Waals surface area contributed by atoms with E-state index >= 15 is 0 Å². The summed E-state index contributed by atoms with van der Waals surface area (Å²) in [4.78, 5) is 2.47. The van der Waals surface area contributed by atoms with E-state index < -0.39 is 0 Å². The summed E-state index contributed by atoms with van der Waals surface area (Å²) in [6.45, 7) is 3.23. The zero-order valence-corrected chi connectivity index (χ0v) is 14.0. The number of halogens is 2. The molecule has 1 saturated heterocycles. The Balaban J connectivity index is 1.81. The van der Waals surface area contributed by atoms with Crippen molar-refractivity contribution in [1.82, 2.24) is 5.32 Å². The van der Waals surface area contributed by atoms with Gasteiger partial charge in [-0.15, -0.1) is 0 Å². The number of rotatable bonds is 1. The van der Waals surface area contributed by atoms with Crippen molar-refractivity contribution in [2.24, 2.45) is 0 Å². The number of hydrogen-bond acceptors (Lipinski definition) is 2. The largest absolute Gasteiger partial charge is 0.367 e. The number of nitrogens with zero attached hydrogens (tertiary/aromatic N) is 1. The standard InChI is InChI=1S/C15H20ClIN2/c16-13-10-12(17)4-5-14(13)19-9-8-18-15(11-19)6-2-1-3-7-15/h4-5,10,18H,1-3,6-9,11H2. The number of anilines is 1. The summed E-state index contributed by atoms with van der Waals surface area (Å²) in [5.74, 6) is 0. The predicted molar refractivity (Wildman–Crippen MR) is 90.2 cm³/mol. The summed E-state index contributed by atoms with van der Waals surface area (Å²) in [5, 5.41) is 4.67. The number of piperazine rings is 1. The number of hydrogen-bond donors (Lipinski definition) is 1. The van der Waals surface area contributed by atoms with Crippen molar-refractivity contribution in [3.8, 4) is 0 Å². The molecule has 2 nitrogen and oxygen atoms in total. The van der Waals surface area contributed by atoms with Gasteiger partial charge in [-0.2, -0.15) is 0 Å². The molecule has 2 fully saturated rings. The average Bonchev–Trinajstić information content (AvgIpc) is 2.39. The van der Waals surface area contributed by atoms with E-state index in [1.165, 1.54) is 41.4 Å². The average molecular weight is 391 g/mol. The molecular weight excluding hydrogens is 371 g/mol. The van der Waals surface area contributed by atoms with Crippen LogP contribution in [-0.2, 0) is 0 Å². The van der Waals surface area contributed by atoms with Gasteiger partial charge in [-0.3, -0.25) is 0 Å². The fraction of sp³-hybridized carbons (Fsp3) is 0.600. The van der Waals surface area contributed by atoms with Gasteiger partial charge in [-0.25, -0.2) is 0 Å². The molecule has 1 spiro atoms. The van der Waals surface area contributed by atoms with Crippen molar-refractivity contribution in [3.63, 3.8) is 0 Å². The van der Waals surface area contributed by atoms with Crippen LogP contribution in [0.25, 0.3) is 0 Å². The van der Waals surface area contributed by atoms with Crippen LogP contribution >= 0.6 is 34.2 Å². The van der Waals surface area contributed by atoms with Crippen molar-refractivity contribution >= 4 is 39.9 Å². The minimum absolute atomic E-state index is 0.336. The lowest BCUT2D eigenvalue weighted by atomic mass is 9.80. The molecule has 1 aromatic carbocycles. The molecule has 0 unspecified atom stereocenters. The monoisotopic (exact) mass is 390 g/mol. The molecule has 1 saturated carbocycles. The van der Waals surface area contributed by atoms with E-state index in [9.17, 15) is 0 Å². The molecule has 104 valence electrons. The predicted octanol–water partition coefficient (Wildman–Crippen LogP) is 4.06. The van der Waals surface area contributed by atoms with Gasteiger partial charge in [0.1, 0.15) is 0 Å². The highest BCUT2D eigenvalue weighted by atomic mass is 127. The Bertz CT molecular complexity index is 452. The molecular formula is C15H20ClIN2. The van der Waals surface area contributed by atoms with E-state index in [1.807, 2.05) is 0 Å². The van der Waals surface area contributed by atoms with Gasteiger partial charge >= 0.3 is 0 Å². The fourth-order valence-electron chi connectivity index (χ4n) is 3.46. The lowest BCUT2D eigenvalue weighted by Crippen LogP contribution is -2.61. The molecule has 0 radical (unpaired) electrons. The van der Waals surface area contributed by atoms with Gasteiger partial charge in [0.2, 0.25) is 0 Å². The maximum atomic E-state index is 6.42. The van der Waals surface area contributed by atoms with Crippen LogP contribution in [0.3, 0.4) is 0 Å². The third kappa shape index (κ3) is 3.03. The Morgan fingerprint density at radius 3 is 2.74 bits per heavy atom.